The SMILES string of the molecule is Cn1cccc1C(=O)OCC(=O)Nc1ccc(I)cc1. The van der Waals surface area contributed by atoms with Gasteiger partial charge in [-0.1, -0.05) is 0 Å². The molecule has 0 saturated heterocycles. The molecular weight excluding hydrogens is 371 g/mol. The molecule has 0 aliphatic carbocycles. The lowest BCUT2D eigenvalue weighted by atomic mass is 10.3. The first-order valence-electron chi connectivity index (χ1n) is 5.90. The topological polar surface area (TPSA) is 60.3 Å². The summed E-state index contributed by atoms with van der Waals surface area (Å²) in [6.07, 6.45) is 1.74. The second kappa shape index (κ2) is 6.56. The van der Waals surface area contributed by atoms with E-state index in [1.807, 2.05) is 12.1 Å². The summed E-state index contributed by atoms with van der Waals surface area (Å²) in [6, 6.07) is 10.7. The van der Waals surface area contributed by atoms with E-state index in [2.05, 4.69) is 27.9 Å². The van der Waals surface area contributed by atoms with Crippen molar-refractivity contribution >= 4 is 40.2 Å². The zero-order valence-corrected chi connectivity index (χ0v) is 13.0. The Morgan fingerprint density at radius 1 is 1.25 bits per heavy atom. The summed E-state index contributed by atoms with van der Waals surface area (Å²) in [4.78, 5) is 23.4. The first-order valence-corrected chi connectivity index (χ1v) is 6.98. The van der Waals surface area contributed by atoms with Crippen molar-refractivity contribution in [2.75, 3.05) is 11.9 Å². The van der Waals surface area contributed by atoms with Crippen LogP contribution in [-0.2, 0) is 16.6 Å². The molecule has 0 spiro atoms. The van der Waals surface area contributed by atoms with Gasteiger partial charge in [0.1, 0.15) is 5.69 Å². The number of carbonyl (C=O) groups is 2. The van der Waals surface area contributed by atoms with Crippen molar-refractivity contribution in [3.63, 3.8) is 0 Å². The van der Waals surface area contributed by atoms with E-state index in [1.165, 1.54) is 0 Å². The maximum absolute atomic E-state index is 11.7. The smallest absolute Gasteiger partial charge is 0.355 e. The standard InChI is InChI=1S/C14H13IN2O3/c1-17-8-2-3-12(17)14(19)20-9-13(18)16-11-6-4-10(15)5-7-11/h2-8H,9H2,1H3,(H,16,18). The van der Waals surface area contributed by atoms with Crippen LogP contribution in [0.15, 0.2) is 42.6 Å². The van der Waals surface area contributed by atoms with Crippen LogP contribution in [0.5, 0.6) is 0 Å². The minimum Gasteiger partial charge on any atom is -0.451 e. The maximum atomic E-state index is 11.7. The van der Waals surface area contributed by atoms with E-state index < -0.39 is 5.97 Å². The molecule has 1 amide bonds. The Bertz CT molecular complexity index is 620. The lowest BCUT2D eigenvalue weighted by Crippen LogP contribution is -2.21. The summed E-state index contributed by atoms with van der Waals surface area (Å²) in [7, 11) is 1.74. The number of hydrogen-bond acceptors (Lipinski definition) is 3. The zero-order chi connectivity index (χ0) is 14.5. The Morgan fingerprint density at radius 3 is 2.55 bits per heavy atom. The summed E-state index contributed by atoms with van der Waals surface area (Å²) in [5, 5.41) is 2.66. The number of amides is 1. The van der Waals surface area contributed by atoms with Crippen LogP contribution in [0.2, 0.25) is 0 Å². The number of aryl methyl sites for hydroxylation is 1. The molecule has 5 nitrogen and oxygen atoms in total. The van der Waals surface area contributed by atoms with E-state index in [0.29, 0.717) is 11.4 Å². The van der Waals surface area contributed by atoms with Gasteiger partial charge in [-0.2, -0.15) is 0 Å². The predicted molar refractivity (Wildman–Crippen MR) is 83.5 cm³/mol. The van der Waals surface area contributed by atoms with Crippen molar-refractivity contribution in [1.82, 2.24) is 4.57 Å². The molecule has 1 N–H and O–H groups in total. The molecule has 1 aromatic carbocycles. The van der Waals surface area contributed by atoms with Crippen LogP contribution in [0.3, 0.4) is 0 Å². The lowest BCUT2D eigenvalue weighted by Gasteiger charge is -2.07. The number of nitrogens with zero attached hydrogens (tertiary/aromatic N) is 1. The van der Waals surface area contributed by atoms with Gasteiger partial charge in [-0.25, -0.2) is 4.79 Å². The molecule has 0 atom stereocenters. The van der Waals surface area contributed by atoms with Crippen molar-refractivity contribution in [1.29, 1.82) is 0 Å². The molecule has 6 heteroatoms. The first kappa shape index (κ1) is 14.6. The fraction of sp³-hybridized carbons (Fsp3) is 0.143. The quantitative estimate of drug-likeness (QED) is 0.651. The number of aromatic nitrogens is 1. The minimum absolute atomic E-state index is 0.310. The number of esters is 1. The van der Waals surface area contributed by atoms with Crippen LogP contribution in [0.4, 0.5) is 5.69 Å². The van der Waals surface area contributed by atoms with Crippen LogP contribution >= 0.6 is 22.6 Å². The average Bonchev–Trinajstić information content (AvgIpc) is 2.85. The lowest BCUT2D eigenvalue weighted by molar-refractivity contribution is -0.119. The molecule has 0 saturated carbocycles. The molecule has 0 aliphatic heterocycles. The molecule has 0 radical (unpaired) electrons. The highest BCUT2D eigenvalue weighted by Crippen LogP contribution is 2.11. The van der Waals surface area contributed by atoms with Crippen LogP contribution in [0.25, 0.3) is 0 Å². The zero-order valence-electron chi connectivity index (χ0n) is 10.8. The molecule has 0 aliphatic rings. The highest BCUT2D eigenvalue weighted by Gasteiger charge is 2.12. The number of nitrogens with one attached hydrogen (secondary N) is 1. The third kappa shape index (κ3) is 3.83. The van der Waals surface area contributed by atoms with Crippen LogP contribution < -0.4 is 5.32 Å². The average molecular weight is 384 g/mol. The number of anilines is 1. The third-order valence-electron chi connectivity index (χ3n) is 2.62. The molecular formula is C14H13IN2O3. The van der Waals surface area contributed by atoms with E-state index >= 15 is 0 Å². The first-order chi connectivity index (χ1) is 9.56. The van der Waals surface area contributed by atoms with Gasteiger partial charge in [0.05, 0.1) is 0 Å². The van der Waals surface area contributed by atoms with E-state index in [-0.39, 0.29) is 12.5 Å². The van der Waals surface area contributed by atoms with Crippen LogP contribution in [0.1, 0.15) is 10.5 Å². The summed E-state index contributed by atoms with van der Waals surface area (Å²) in [6.45, 7) is -0.310. The Morgan fingerprint density at radius 2 is 1.95 bits per heavy atom. The van der Waals surface area contributed by atoms with Gasteiger partial charge >= 0.3 is 5.97 Å². The predicted octanol–water partition coefficient (Wildman–Crippen LogP) is 2.43. The summed E-state index contributed by atoms with van der Waals surface area (Å²) in [5.74, 6) is -0.885. The van der Waals surface area contributed by atoms with Crippen molar-refractivity contribution in [2.24, 2.45) is 7.05 Å². The molecule has 20 heavy (non-hydrogen) atoms. The number of hydrogen-bond donors (Lipinski definition) is 1. The van der Waals surface area contributed by atoms with Crippen LogP contribution in [0, 0.1) is 3.57 Å². The van der Waals surface area contributed by atoms with E-state index in [9.17, 15) is 9.59 Å². The summed E-state index contributed by atoms with van der Waals surface area (Å²) >= 11 is 2.18. The second-order valence-electron chi connectivity index (χ2n) is 4.14. The Hall–Kier alpha value is -1.83. The largest absolute Gasteiger partial charge is 0.451 e. The van der Waals surface area contributed by atoms with E-state index in [4.69, 9.17) is 4.74 Å². The van der Waals surface area contributed by atoms with Crippen molar-refractivity contribution in [3.8, 4) is 0 Å². The number of benzene rings is 1. The van der Waals surface area contributed by atoms with Crippen molar-refractivity contribution < 1.29 is 14.3 Å². The molecule has 0 fully saturated rings. The van der Waals surface area contributed by atoms with Gasteiger partial charge in [0.15, 0.2) is 6.61 Å². The molecule has 0 unspecified atom stereocenters. The number of carbonyl (C=O) groups excluding carboxylic acids is 2. The van der Waals surface area contributed by atoms with Gasteiger partial charge in [0.25, 0.3) is 5.91 Å². The highest BCUT2D eigenvalue weighted by molar-refractivity contribution is 14.1. The van der Waals surface area contributed by atoms with Crippen molar-refractivity contribution in [3.05, 3.63) is 51.9 Å². The second-order valence-corrected chi connectivity index (χ2v) is 5.38. The number of rotatable bonds is 4. The molecule has 2 aromatic rings. The third-order valence-corrected chi connectivity index (χ3v) is 3.33. The van der Waals surface area contributed by atoms with E-state index in [1.54, 1.807) is 42.1 Å². The molecule has 0 bridgehead atoms. The van der Waals surface area contributed by atoms with Crippen LogP contribution in [-0.4, -0.2) is 23.1 Å². The minimum atomic E-state index is -0.518. The fourth-order valence-electron chi connectivity index (χ4n) is 1.61. The molecule has 104 valence electrons. The van der Waals surface area contributed by atoms with Gasteiger partial charge in [-0.05, 0) is 59.0 Å². The monoisotopic (exact) mass is 384 g/mol. The normalized spacial score (nSPS) is 10.1. The fourth-order valence-corrected chi connectivity index (χ4v) is 1.97. The molecule has 2 rings (SSSR count). The summed E-state index contributed by atoms with van der Waals surface area (Å²) < 4.78 is 7.67. The van der Waals surface area contributed by atoms with E-state index in [0.717, 1.165) is 3.57 Å². The molecule has 1 aromatic heterocycles. The molecule has 1 heterocycles. The number of ether oxygens (including phenoxy) is 1. The Labute approximate surface area is 130 Å². The Balaban J connectivity index is 1.85. The maximum Gasteiger partial charge on any atom is 0.355 e. The van der Waals surface area contributed by atoms with Gasteiger partial charge in [0, 0.05) is 22.5 Å². The van der Waals surface area contributed by atoms with Gasteiger partial charge < -0.3 is 14.6 Å². The summed E-state index contributed by atoms with van der Waals surface area (Å²) in [5.41, 5.74) is 1.08. The van der Waals surface area contributed by atoms with Gasteiger partial charge in [0.2, 0.25) is 0 Å². The highest BCUT2D eigenvalue weighted by atomic mass is 127. The number of halogens is 1. The Kier molecular flexibility index (Phi) is 4.78. The van der Waals surface area contributed by atoms with Gasteiger partial charge in [-0.3, -0.25) is 4.79 Å². The van der Waals surface area contributed by atoms with Gasteiger partial charge in [-0.15, -0.1) is 0 Å². The van der Waals surface area contributed by atoms with Crippen molar-refractivity contribution in [2.45, 2.75) is 0 Å².